The molecule has 0 amide bonds. The minimum absolute atomic E-state index is 0.0175. The number of fused-ring (bicyclic) bond motifs is 11. The molecule has 4 aliphatic heterocycles. The summed E-state index contributed by atoms with van der Waals surface area (Å²) in [7, 11) is 0. The van der Waals surface area contributed by atoms with Gasteiger partial charge < -0.3 is 18.9 Å². The molecule has 0 N–H and O–H groups in total. The van der Waals surface area contributed by atoms with Gasteiger partial charge in [-0.1, -0.05) is 91.0 Å². The second-order valence-electron chi connectivity index (χ2n) is 13.2. The number of hydrogen-bond donors (Lipinski definition) is 0. The first-order valence-electron chi connectivity index (χ1n) is 16.6. The third-order valence-electron chi connectivity index (χ3n) is 10.9. The Morgan fingerprint density at radius 2 is 1.06 bits per heavy atom. The van der Waals surface area contributed by atoms with Crippen molar-refractivity contribution >= 4 is 85.1 Å². The zero-order chi connectivity index (χ0) is 31.1. The van der Waals surface area contributed by atoms with Crippen LogP contribution in [0, 0.1) is 0 Å². The number of rotatable bonds is 1. The second-order valence-corrected chi connectivity index (χ2v) is 13.2. The maximum atomic E-state index is 6.97. The van der Waals surface area contributed by atoms with Crippen molar-refractivity contribution in [2.24, 2.45) is 0 Å². The van der Waals surface area contributed by atoms with Crippen molar-refractivity contribution in [2.75, 3.05) is 4.90 Å². The van der Waals surface area contributed by atoms with E-state index in [1.165, 1.54) is 60.3 Å². The molecule has 6 heteroatoms. The Kier molecular flexibility index (Phi) is 4.59. The van der Waals surface area contributed by atoms with Crippen molar-refractivity contribution < 1.29 is 9.47 Å². The van der Waals surface area contributed by atoms with E-state index in [1.54, 1.807) is 0 Å². The molecule has 0 spiro atoms. The summed E-state index contributed by atoms with van der Waals surface area (Å²) >= 11 is 0. The third kappa shape index (κ3) is 2.99. The van der Waals surface area contributed by atoms with Gasteiger partial charge in [-0.2, -0.15) is 0 Å². The Hall–Kier alpha value is -6.13. The summed E-state index contributed by atoms with van der Waals surface area (Å²) in [6.45, 7) is 0.0477. The Bertz CT molecular complexity index is 2720. The highest BCUT2D eigenvalue weighted by molar-refractivity contribution is 7.02. The predicted molar refractivity (Wildman–Crippen MR) is 198 cm³/mol. The Morgan fingerprint density at radius 1 is 0.417 bits per heavy atom. The summed E-state index contributed by atoms with van der Waals surface area (Å²) < 4.78 is 16.0. The number of para-hydroxylation sites is 4. The van der Waals surface area contributed by atoms with Gasteiger partial charge >= 0.3 is 0 Å². The molecular weight excluding hydrogens is 586 g/mol. The van der Waals surface area contributed by atoms with Gasteiger partial charge in [0.1, 0.15) is 23.0 Å². The van der Waals surface area contributed by atoms with Crippen molar-refractivity contribution in [3.63, 3.8) is 0 Å². The second kappa shape index (κ2) is 8.81. The van der Waals surface area contributed by atoms with E-state index < -0.39 is 0 Å². The Labute approximate surface area is 277 Å². The van der Waals surface area contributed by atoms with E-state index in [0.29, 0.717) is 0 Å². The molecule has 0 atom stereocenters. The van der Waals surface area contributed by atoms with Crippen LogP contribution in [0.2, 0.25) is 0 Å². The molecule has 8 aromatic rings. The van der Waals surface area contributed by atoms with Gasteiger partial charge in [-0.25, -0.2) is 0 Å². The summed E-state index contributed by atoms with van der Waals surface area (Å²) in [5.41, 5.74) is 14.5. The molecule has 5 heterocycles. The van der Waals surface area contributed by atoms with Crippen LogP contribution >= 0.6 is 0 Å². The highest BCUT2D eigenvalue weighted by atomic mass is 16.5. The average Bonchev–Trinajstić information content (AvgIpc) is 3.48. The standard InChI is InChI=1S/C42H24B2N2O2/c1-2-11-25(12-3-1)45-33-18-9-21-37-40(33)43(28-15-5-7-20-36(28)47-37)30-23-31-39(24-35(30)45)48-38-22-10-19-34-41(38)44(31)29-16-8-14-27-26-13-4-6-17-32(26)46(34)42(27)29/h1-24H. The molecule has 220 valence electrons. The van der Waals surface area contributed by atoms with E-state index in [4.69, 9.17) is 9.47 Å². The van der Waals surface area contributed by atoms with Gasteiger partial charge in [0.25, 0.3) is 13.4 Å². The summed E-state index contributed by atoms with van der Waals surface area (Å²) in [6.07, 6.45) is 0. The highest BCUT2D eigenvalue weighted by Gasteiger charge is 2.45. The van der Waals surface area contributed by atoms with E-state index in [0.717, 1.165) is 40.1 Å². The summed E-state index contributed by atoms with van der Waals surface area (Å²) in [5, 5.41) is 2.57. The van der Waals surface area contributed by atoms with Gasteiger partial charge in [0.2, 0.25) is 0 Å². The van der Waals surface area contributed by atoms with Gasteiger partial charge in [-0.05, 0) is 81.3 Å². The number of hydrogen-bond acceptors (Lipinski definition) is 3. The van der Waals surface area contributed by atoms with Crippen molar-refractivity contribution in [3.8, 4) is 28.7 Å². The number of anilines is 3. The van der Waals surface area contributed by atoms with E-state index in [9.17, 15) is 0 Å². The molecule has 7 aromatic carbocycles. The molecule has 4 aliphatic rings. The average molecular weight is 610 g/mol. The maximum absolute atomic E-state index is 6.97. The van der Waals surface area contributed by atoms with Crippen molar-refractivity contribution in [1.29, 1.82) is 0 Å². The van der Waals surface area contributed by atoms with E-state index in [1.807, 2.05) is 0 Å². The van der Waals surface area contributed by atoms with Crippen molar-refractivity contribution in [1.82, 2.24) is 4.57 Å². The summed E-state index contributed by atoms with van der Waals surface area (Å²) in [5.74, 6) is 3.66. The molecule has 0 saturated heterocycles. The lowest BCUT2D eigenvalue weighted by Gasteiger charge is -2.41. The molecule has 4 nitrogen and oxygen atoms in total. The van der Waals surface area contributed by atoms with Crippen LogP contribution in [-0.4, -0.2) is 18.0 Å². The molecule has 0 radical (unpaired) electrons. The topological polar surface area (TPSA) is 26.6 Å². The lowest BCUT2D eigenvalue weighted by Crippen LogP contribution is -2.63. The van der Waals surface area contributed by atoms with Crippen LogP contribution in [0.5, 0.6) is 23.0 Å². The van der Waals surface area contributed by atoms with E-state index in [2.05, 4.69) is 155 Å². The van der Waals surface area contributed by atoms with Crippen LogP contribution in [-0.2, 0) is 0 Å². The molecule has 0 fully saturated rings. The summed E-state index contributed by atoms with van der Waals surface area (Å²) in [6, 6.07) is 52.5. The zero-order valence-electron chi connectivity index (χ0n) is 25.7. The lowest BCUT2D eigenvalue weighted by molar-refractivity contribution is 0.487. The van der Waals surface area contributed by atoms with Crippen LogP contribution in [0.1, 0.15) is 0 Å². The van der Waals surface area contributed by atoms with Gasteiger partial charge in [-0.3, -0.25) is 0 Å². The van der Waals surface area contributed by atoms with Gasteiger partial charge in [0.15, 0.2) is 0 Å². The quantitative estimate of drug-likeness (QED) is 0.210. The fraction of sp³-hybridized carbons (Fsp3) is 0. The first-order valence-corrected chi connectivity index (χ1v) is 16.6. The number of benzene rings is 7. The molecule has 0 bridgehead atoms. The number of aromatic nitrogens is 1. The monoisotopic (exact) mass is 610 g/mol. The van der Waals surface area contributed by atoms with Crippen LogP contribution in [0.4, 0.5) is 17.1 Å². The molecule has 12 rings (SSSR count). The molecule has 48 heavy (non-hydrogen) atoms. The highest BCUT2D eigenvalue weighted by Crippen LogP contribution is 2.43. The van der Waals surface area contributed by atoms with Crippen LogP contribution in [0.15, 0.2) is 146 Å². The van der Waals surface area contributed by atoms with Gasteiger partial charge in [0, 0.05) is 45.1 Å². The molecule has 0 unspecified atom stereocenters. The zero-order valence-corrected chi connectivity index (χ0v) is 25.7. The predicted octanol–water partition coefficient (Wildman–Crippen LogP) is 6.12. The SMILES string of the molecule is c1ccc(N2c3cc4c(cc3B3c5ccccc5Oc5cccc2c53)B2c3c(cccc3-n3c5ccccc5c5cccc2c53)O4)cc1. The largest absolute Gasteiger partial charge is 0.458 e. The Balaban J connectivity index is 1.19. The van der Waals surface area contributed by atoms with Crippen LogP contribution < -0.4 is 47.2 Å². The first-order chi connectivity index (χ1) is 23.8. The van der Waals surface area contributed by atoms with Gasteiger partial charge in [-0.15, -0.1) is 0 Å². The van der Waals surface area contributed by atoms with E-state index >= 15 is 0 Å². The molecule has 1 aromatic heterocycles. The molecule has 0 aliphatic carbocycles. The number of ether oxygens (including phenoxy) is 2. The maximum Gasteiger partial charge on any atom is 0.256 e. The Morgan fingerprint density at radius 3 is 1.96 bits per heavy atom. The van der Waals surface area contributed by atoms with E-state index in [-0.39, 0.29) is 13.4 Å². The molecular formula is C42H24B2N2O2. The van der Waals surface area contributed by atoms with Crippen molar-refractivity contribution in [2.45, 2.75) is 0 Å². The number of nitrogens with zero attached hydrogens (tertiary/aromatic N) is 2. The van der Waals surface area contributed by atoms with Crippen LogP contribution in [0.3, 0.4) is 0 Å². The van der Waals surface area contributed by atoms with Gasteiger partial charge in [0.05, 0.1) is 5.52 Å². The molecule has 0 saturated carbocycles. The lowest BCUT2D eigenvalue weighted by atomic mass is 9.31. The summed E-state index contributed by atoms with van der Waals surface area (Å²) in [4.78, 5) is 2.39. The minimum atomic E-state index is 0.0175. The van der Waals surface area contributed by atoms with Crippen LogP contribution in [0.25, 0.3) is 27.5 Å². The van der Waals surface area contributed by atoms with Crippen molar-refractivity contribution in [3.05, 3.63) is 146 Å². The minimum Gasteiger partial charge on any atom is -0.458 e. The first kappa shape index (κ1) is 25.0. The normalized spacial score (nSPS) is 14.0. The fourth-order valence-corrected chi connectivity index (χ4v) is 9.07. The fourth-order valence-electron chi connectivity index (χ4n) is 9.07. The third-order valence-corrected chi connectivity index (χ3v) is 10.9. The smallest absolute Gasteiger partial charge is 0.256 e.